The lowest BCUT2D eigenvalue weighted by atomic mass is 10.0. The summed E-state index contributed by atoms with van der Waals surface area (Å²) in [6.07, 6.45) is 5.44. The van der Waals surface area contributed by atoms with Gasteiger partial charge in [-0.1, -0.05) is 19.4 Å². The summed E-state index contributed by atoms with van der Waals surface area (Å²) >= 11 is 0. The third kappa shape index (κ3) is 2.10. The average molecular weight is 238 g/mol. The summed E-state index contributed by atoms with van der Waals surface area (Å²) in [5, 5.41) is 0. The molecule has 2 aliphatic carbocycles. The predicted octanol–water partition coefficient (Wildman–Crippen LogP) is 3.50. The van der Waals surface area contributed by atoms with Crippen molar-refractivity contribution < 1.29 is 9.22 Å². The fraction of sp³-hybridized carbons (Fsp3) is 0.769. The fourth-order valence-corrected chi connectivity index (χ4v) is 6.64. The van der Waals surface area contributed by atoms with Crippen LogP contribution in [0.4, 0.5) is 0 Å². The van der Waals surface area contributed by atoms with Crippen molar-refractivity contribution in [3.05, 3.63) is 12.2 Å². The molecule has 0 aromatic heterocycles. The van der Waals surface area contributed by atoms with Crippen LogP contribution >= 0.6 is 0 Å². The molecule has 0 aliphatic heterocycles. The smallest absolute Gasteiger partial charge is 0.319 e. The quantitative estimate of drug-likeness (QED) is 0.555. The van der Waals surface area contributed by atoms with Crippen LogP contribution in [0.5, 0.6) is 0 Å². The van der Waals surface area contributed by atoms with E-state index in [1.807, 2.05) is 0 Å². The van der Waals surface area contributed by atoms with Crippen LogP contribution < -0.4 is 0 Å². The van der Waals surface area contributed by atoms with Crippen molar-refractivity contribution in [3.8, 4) is 0 Å². The lowest BCUT2D eigenvalue weighted by Gasteiger charge is -2.34. The van der Waals surface area contributed by atoms with Gasteiger partial charge >= 0.3 is 5.97 Å². The van der Waals surface area contributed by atoms with Crippen molar-refractivity contribution in [3.63, 3.8) is 0 Å². The number of fused-ring (bicyclic) bond motifs is 2. The van der Waals surface area contributed by atoms with E-state index in [0.717, 1.165) is 11.8 Å². The minimum Gasteiger partial charge on any atom is -0.516 e. The molecule has 16 heavy (non-hydrogen) atoms. The molecule has 2 saturated carbocycles. The van der Waals surface area contributed by atoms with Crippen LogP contribution in [0.25, 0.3) is 0 Å². The van der Waals surface area contributed by atoms with Gasteiger partial charge < -0.3 is 4.43 Å². The van der Waals surface area contributed by atoms with E-state index in [0.29, 0.717) is 11.1 Å². The minimum absolute atomic E-state index is 0.181. The van der Waals surface area contributed by atoms with Gasteiger partial charge in [0.2, 0.25) is 0 Å². The molecule has 0 saturated heterocycles. The summed E-state index contributed by atoms with van der Waals surface area (Å²) in [5.41, 5.74) is 1.22. The first kappa shape index (κ1) is 11.9. The van der Waals surface area contributed by atoms with Crippen LogP contribution in [0.3, 0.4) is 0 Å². The highest BCUT2D eigenvalue weighted by atomic mass is 28.4. The molecule has 2 fully saturated rings. The maximum absolute atomic E-state index is 11.6. The van der Waals surface area contributed by atoms with Gasteiger partial charge in [0.05, 0.1) is 0 Å². The summed E-state index contributed by atoms with van der Waals surface area (Å²) in [6, 6.07) is 0. The second-order valence-corrected chi connectivity index (χ2v) is 10.2. The molecule has 0 aromatic carbocycles. The van der Waals surface area contributed by atoms with Crippen LogP contribution in [0.15, 0.2) is 12.2 Å². The SMILES string of the molecule is C=C(C)C(=O)O[Si](C)(C)C1CC2CCC1C2. The average Bonchev–Trinajstić information content (AvgIpc) is 2.77. The van der Waals surface area contributed by atoms with Gasteiger partial charge in [-0.25, -0.2) is 4.79 Å². The van der Waals surface area contributed by atoms with Gasteiger partial charge in [-0.15, -0.1) is 0 Å². The first-order chi connectivity index (χ1) is 7.40. The second kappa shape index (κ2) is 4.02. The molecular weight excluding hydrogens is 216 g/mol. The highest BCUT2D eigenvalue weighted by Gasteiger charge is 2.50. The summed E-state index contributed by atoms with van der Waals surface area (Å²) in [7, 11) is -1.86. The molecule has 2 nitrogen and oxygen atoms in total. The van der Waals surface area contributed by atoms with Crippen LogP contribution in [0.1, 0.15) is 32.6 Å². The van der Waals surface area contributed by atoms with Crippen molar-refractivity contribution in [1.82, 2.24) is 0 Å². The van der Waals surface area contributed by atoms with E-state index in [9.17, 15) is 4.79 Å². The number of carbonyl (C=O) groups is 1. The molecule has 3 unspecified atom stereocenters. The van der Waals surface area contributed by atoms with E-state index >= 15 is 0 Å². The first-order valence-corrected chi connectivity index (χ1v) is 9.27. The van der Waals surface area contributed by atoms with E-state index < -0.39 is 8.32 Å². The lowest BCUT2D eigenvalue weighted by molar-refractivity contribution is -0.131. The predicted molar refractivity (Wildman–Crippen MR) is 67.6 cm³/mol. The molecule has 0 amide bonds. The van der Waals surface area contributed by atoms with E-state index in [1.54, 1.807) is 6.92 Å². The normalized spacial score (nSPS) is 32.8. The molecule has 0 spiro atoms. The molecule has 2 bridgehead atoms. The summed E-state index contributed by atoms with van der Waals surface area (Å²) in [5.74, 6) is 1.58. The van der Waals surface area contributed by atoms with Gasteiger partial charge in [0, 0.05) is 5.57 Å². The van der Waals surface area contributed by atoms with E-state index in [4.69, 9.17) is 4.43 Å². The molecule has 0 aromatic rings. The third-order valence-electron chi connectivity index (χ3n) is 4.34. The summed E-state index contributed by atoms with van der Waals surface area (Å²) in [6.45, 7) is 9.78. The van der Waals surface area contributed by atoms with Crippen molar-refractivity contribution in [2.24, 2.45) is 11.8 Å². The van der Waals surface area contributed by atoms with E-state index in [1.165, 1.54) is 25.7 Å². The zero-order valence-electron chi connectivity index (χ0n) is 10.6. The molecule has 0 radical (unpaired) electrons. The van der Waals surface area contributed by atoms with Crippen LogP contribution in [-0.4, -0.2) is 14.3 Å². The van der Waals surface area contributed by atoms with Crippen LogP contribution in [-0.2, 0) is 9.22 Å². The van der Waals surface area contributed by atoms with Crippen molar-refractivity contribution in [1.29, 1.82) is 0 Å². The zero-order valence-corrected chi connectivity index (χ0v) is 11.6. The molecule has 0 N–H and O–H groups in total. The number of hydrogen-bond donors (Lipinski definition) is 0. The van der Waals surface area contributed by atoms with Gasteiger partial charge in [-0.05, 0) is 50.2 Å². The standard InChI is InChI=1S/C13H22O2Si/c1-9(2)13(14)15-16(3,4)12-8-10-5-6-11(12)7-10/h10-12H,1,5-8H2,2-4H3. The van der Waals surface area contributed by atoms with E-state index in [-0.39, 0.29) is 5.97 Å². The van der Waals surface area contributed by atoms with Gasteiger partial charge in [0.1, 0.15) is 0 Å². The minimum atomic E-state index is -1.86. The van der Waals surface area contributed by atoms with Crippen LogP contribution in [0, 0.1) is 11.8 Å². The van der Waals surface area contributed by atoms with Gasteiger partial charge in [0.15, 0.2) is 0 Å². The zero-order chi connectivity index (χ0) is 11.9. The van der Waals surface area contributed by atoms with Gasteiger partial charge in [0.25, 0.3) is 8.32 Å². The Morgan fingerprint density at radius 2 is 2.00 bits per heavy atom. The lowest BCUT2D eigenvalue weighted by Crippen LogP contribution is -2.41. The first-order valence-electron chi connectivity index (χ1n) is 6.29. The van der Waals surface area contributed by atoms with Crippen molar-refractivity contribution in [2.45, 2.75) is 51.2 Å². The molecule has 2 rings (SSSR count). The summed E-state index contributed by atoms with van der Waals surface area (Å²) < 4.78 is 5.74. The Labute approximate surface area is 99.2 Å². The Kier molecular flexibility index (Phi) is 2.99. The topological polar surface area (TPSA) is 26.3 Å². The summed E-state index contributed by atoms with van der Waals surface area (Å²) in [4.78, 5) is 11.6. The fourth-order valence-electron chi connectivity index (χ4n) is 3.50. The maximum atomic E-state index is 11.6. The molecule has 90 valence electrons. The number of hydrogen-bond acceptors (Lipinski definition) is 2. The Morgan fingerprint density at radius 3 is 2.44 bits per heavy atom. The largest absolute Gasteiger partial charge is 0.516 e. The number of rotatable bonds is 3. The Balaban J connectivity index is 2.02. The second-order valence-electron chi connectivity index (χ2n) is 6.05. The molecule has 3 heteroatoms. The third-order valence-corrected chi connectivity index (χ3v) is 7.54. The number of carbonyl (C=O) groups excluding carboxylic acids is 1. The van der Waals surface area contributed by atoms with Crippen LogP contribution in [0.2, 0.25) is 18.6 Å². The van der Waals surface area contributed by atoms with Gasteiger partial charge in [-0.2, -0.15) is 0 Å². The van der Waals surface area contributed by atoms with E-state index in [2.05, 4.69) is 19.7 Å². The molecule has 3 atom stereocenters. The Morgan fingerprint density at radius 1 is 1.31 bits per heavy atom. The molecular formula is C13H22O2Si. The Bertz CT molecular complexity index is 322. The maximum Gasteiger partial charge on any atom is 0.319 e. The Hall–Kier alpha value is -0.573. The van der Waals surface area contributed by atoms with Gasteiger partial charge in [-0.3, -0.25) is 0 Å². The molecule has 0 heterocycles. The van der Waals surface area contributed by atoms with Crippen molar-refractivity contribution >= 4 is 14.3 Å². The highest BCUT2D eigenvalue weighted by molar-refractivity contribution is 6.74. The van der Waals surface area contributed by atoms with Crippen molar-refractivity contribution in [2.75, 3.05) is 0 Å². The molecule has 2 aliphatic rings. The monoisotopic (exact) mass is 238 g/mol. The highest BCUT2D eigenvalue weighted by Crippen LogP contribution is 2.55.